The molecule has 1 aliphatic heterocycles. The summed E-state index contributed by atoms with van der Waals surface area (Å²) in [7, 11) is -4.28. The zero-order valence-corrected chi connectivity index (χ0v) is 11.5. The first-order chi connectivity index (χ1) is 9.82. The van der Waals surface area contributed by atoms with Crippen molar-refractivity contribution in [2.45, 2.75) is 4.90 Å². The molecular weight excluding hydrogens is 300 g/mol. The van der Waals surface area contributed by atoms with Gasteiger partial charge in [-0.2, -0.15) is 8.42 Å². The molecule has 1 aliphatic rings. The maximum Gasteiger partial charge on any atom is 0.294 e. The third-order valence-corrected chi connectivity index (χ3v) is 3.63. The maximum atomic E-state index is 11.9. The maximum absolute atomic E-state index is 11.9. The van der Waals surface area contributed by atoms with Crippen LogP contribution in [0.1, 0.15) is 0 Å². The fourth-order valence-electron chi connectivity index (χ4n) is 1.78. The number of anilines is 1. The van der Waals surface area contributed by atoms with Gasteiger partial charge in [-0.05, 0) is 24.3 Å². The molecule has 0 aromatic heterocycles. The van der Waals surface area contributed by atoms with Crippen LogP contribution >= 0.6 is 0 Å². The van der Waals surface area contributed by atoms with Crippen molar-refractivity contribution < 1.29 is 27.7 Å². The number of benzene rings is 1. The molecule has 0 saturated carbocycles. The number of aliphatic hydroxyl groups excluding tert-OH is 1. The third kappa shape index (κ3) is 3.27. The van der Waals surface area contributed by atoms with E-state index in [2.05, 4.69) is 5.32 Å². The van der Waals surface area contributed by atoms with E-state index in [1.165, 1.54) is 12.1 Å². The lowest BCUT2D eigenvalue weighted by Crippen LogP contribution is -2.34. The second kappa shape index (κ2) is 5.64. The van der Waals surface area contributed by atoms with Gasteiger partial charge in [0.25, 0.3) is 21.9 Å². The molecule has 112 valence electrons. The van der Waals surface area contributed by atoms with Gasteiger partial charge in [0.05, 0.1) is 18.0 Å². The summed E-state index contributed by atoms with van der Waals surface area (Å²) in [6.45, 7) is -0.428. The second-order valence-electron chi connectivity index (χ2n) is 4.20. The minimum Gasteiger partial charge on any atom is -0.395 e. The summed E-state index contributed by atoms with van der Waals surface area (Å²) in [5, 5.41) is 11.5. The van der Waals surface area contributed by atoms with Gasteiger partial charge in [0, 0.05) is 11.8 Å². The van der Waals surface area contributed by atoms with Gasteiger partial charge < -0.3 is 10.4 Å². The average molecular weight is 312 g/mol. The van der Waals surface area contributed by atoms with Crippen molar-refractivity contribution in [3.63, 3.8) is 0 Å². The molecule has 1 aromatic rings. The van der Waals surface area contributed by atoms with Gasteiger partial charge >= 0.3 is 0 Å². The Labute approximate surface area is 120 Å². The summed E-state index contributed by atoms with van der Waals surface area (Å²) in [4.78, 5) is 24.0. The number of hydrogen-bond donors (Lipinski definition) is 3. The van der Waals surface area contributed by atoms with E-state index in [-0.39, 0.29) is 23.7 Å². The van der Waals surface area contributed by atoms with Crippen molar-refractivity contribution in [1.82, 2.24) is 4.90 Å². The average Bonchev–Trinajstić information content (AvgIpc) is 2.66. The Morgan fingerprint density at radius 1 is 1.14 bits per heavy atom. The van der Waals surface area contributed by atoms with E-state index in [9.17, 15) is 18.0 Å². The van der Waals surface area contributed by atoms with E-state index >= 15 is 0 Å². The normalized spacial score (nSPS) is 15.3. The van der Waals surface area contributed by atoms with Crippen LogP contribution in [0.3, 0.4) is 0 Å². The smallest absolute Gasteiger partial charge is 0.294 e. The minimum atomic E-state index is -4.28. The predicted octanol–water partition coefficient (Wildman–Crippen LogP) is -0.410. The summed E-state index contributed by atoms with van der Waals surface area (Å²) in [5.41, 5.74) is 0.397. The highest BCUT2D eigenvalue weighted by Gasteiger charge is 2.30. The van der Waals surface area contributed by atoms with Crippen LogP contribution in [0.2, 0.25) is 0 Å². The van der Waals surface area contributed by atoms with Gasteiger partial charge in [0.1, 0.15) is 5.70 Å². The van der Waals surface area contributed by atoms with Gasteiger partial charge in [-0.25, -0.2) is 0 Å². The van der Waals surface area contributed by atoms with Crippen LogP contribution in [-0.4, -0.2) is 47.9 Å². The fraction of sp³-hybridized carbons (Fsp3) is 0.167. The number of aliphatic hydroxyl groups is 1. The van der Waals surface area contributed by atoms with Crippen LogP contribution in [0.5, 0.6) is 0 Å². The molecule has 0 fully saturated rings. The van der Waals surface area contributed by atoms with Crippen molar-refractivity contribution in [3.8, 4) is 0 Å². The van der Waals surface area contributed by atoms with Crippen molar-refractivity contribution in [3.05, 3.63) is 36.0 Å². The van der Waals surface area contributed by atoms with E-state index in [1.54, 1.807) is 0 Å². The Morgan fingerprint density at radius 2 is 1.76 bits per heavy atom. The lowest BCUT2D eigenvalue weighted by molar-refractivity contribution is -0.137. The minimum absolute atomic E-state index is 0.0213. The molecule has 3 N–H and O–H groups in total. The van der Waals surface area contributed by atoms with Crippen LogP contribution < -0.4 is 5.32 Å². The quantitative estimate of drug-likeness (QED) is 0.498. The molecular formula is C12H12N2O6S. The molecule has 8 nitrogen and oxygen atoms in total. The molecule has 1 heterocycles. The molecule has 2 amide bonds. The number of hydrogen-bond acceptors (Lipinski definition) is 6. The second-order valence-corrected chi connectivity index (χ2v) is 5.62. The Balaban J connectivity index is 2.14. The number of rotatable bonds is 5. The van der Waals surface area contributed by atoms with E-state index in [0.29, 0.717) is 5.69 Å². The summed E-state index contributed by atoms with van der Waals surface area (Å²) in [6.07, 6.45) is 1.09. The van der Waals surface area contributed by atoms with E-state index in [0.717, 1.165) is 23.1 Å². The van der Waals surface area contributed by atoms with Crippen LogP contribution in [0, 0.1) is 0 Å². The Kier molecular flexibility index (Phi) is 4.07. The molecule has 9 heteroatoms. The SMILES string of the molecule is O=C1C=C(Nc2ccc(S(=O)(=O)O)cc2)C(=O)N1CCO. The van der Waals surface area contributed by atoms with Crippen molar-refractivity contribution in [2.24, 2.45) is 0 Å². The number of nitrogens with zero attached hydrogens (tertiary/aromatic N) is 1. The highest BCUT2D eigenvalue weighted by Crippen LogP contribution is 2.18. The molecule has 0 aliphatic carbocycles. The molecule has 0 bridgehead atoms. The first kappa shape index (κ1) is 15.2. The lowest BCUT2D eigenvalue weighted by Gasteiger charge is -2.13. The molecule has 0 saturated heterocycles. The fourth-order valence-corrected chi connectivity index (χ4v) is 2.26. The monoisotopic (exact) mass is 312 g/mol. The molecule has 0 spiro atoms. The molecule has 21 heavy (non-hydrogen) atoms. The Bertz CT molecular complexity index is 708. The van der Waals surface area contributed by atoms with Crippen LogP contribution in [0.4, 0.5) is 5.69 Å². The van der Waals surface area contributed by atoms with Gasteiger partial charge in [0.2, 0.25) is 0 Å². The lowest BCUT2D eigenvalue weighted by atomic mass is 10.3. The van der Waals surface area contributed by atoms with E-state index in [1.807, 2.05) is 0 Å². The zero-order chi connectivity index (χ0) is 15.6. The summed E-state index contributed by atoms with van der Waals surface area (Å²) in [5.74, 6) is -1.11. The largest absolute Gasteiger partial charge is 0.395 e. The number of nitrogens with one attached hydrogen (secondary N) is 1. The number of β-amino-alcohol motifs (C(OH)–C–C–N with tert-alkyl or cyclic N) is 1. The molecule has 1 aromatic carbocycles. The molecule has 0 unspecified atom stereocenters. The van der Waals surface area contributed by atoms with Crippen LogP contribution in [-0.2, 0) is 19.7 Å². The molecule has 0 radical (unpaired) electrons. The number of imide groups is 1. The van der Waals surface area contributed by atoms with Crippen molar-refractivity contribution in [1.29, 1.82) is 0 Å². The third-order valence-electron chi connectivity index (χ3n) is 2.76. The van der Waals surface area contributed by atoms with Gasteiger partial charge in [-0.15, -0.1) is 0 Å². The number of amides is 2. The topological polar surface area (TPSA) is 124 Å². The highest BCUT2D eigenvalue weighted by molar-refractivity contribution is 7.85. The first-order valence-electron chi connectivity index (χ1n) is 5.86. The van der Waals surface area contributed by atoms with Crippen molar-refractivity contribution >= 4 is 27.6 Å². The first-order valence-corrected chi connectivity index (χ1v) is 7.30. The van der Waals surface area contributed by atoms with Crippen LogP contribution in [0.15, 0.2) is 40.9 Å². The van der Waals surface area contributed by atoms with Gasteiger partial charge in [-0.3, -0.25) is 19.0 Å². The standard InChI is InChI=1S/C12H12N2O6S/c15-6-5-14-11(16)7-10(12(14)17)13-8-1-3-9(4-2-8)21(18,19)20/h1-4,7,13,15H,5-6H2,(H,18,19,20). The van der Waals surface area contributed by atoms with Gasteiger partial charge in [0.15, 0.2) is 0 Å². The predicted molar refractivity (Wildman–Crippen MR) is 71.8 cm³/mol. The molecule has 0 atom stereocenters. The Morgan fingerprint density at radius 3 is 2.29 bits per heavy atom. The van der Waals surface area contributed by atoms with Crippen LogP contribution in [0.25, 0.3) is 0 Å². The van der Waals surface area contributed by atoms with E-state index < -0.39 is 21.9 Å². The summed E-state index contributed by atoms with van der Waals surface area (Å²) >= 11 is 0. The number of carbonyl (C=O) groups excluding carboxylic acids is 2. The Hall–Kier alpha value is -2.23. The van der Waals surface area contributed by atoms with E-state index in [4.69, 9.17) is 9.66 Å². The van der Waals surface area contributed by atoms with Gasteiger partial charge in [-0.1, -0.05) is 0 Å². The van der Waals surface area contributed by atoms with Crippen molar-refractivity contribution in [2.75, 3.05) is 18.5 Å². The zero-order valence-electron chi connectivity index (χ0n) is 10.7. The number of carbonyl (C=O) groups is 2. The summed E-state index contributed by atoms with van der Waals surface area (Å²) in [6, 6.07) is 5.00. The highest BCUT2D eigenvalue weighted by atomic mass is 32.2. The summed E-state index contributed by atoms with van der Waals surface area (Å²) < 4.78 is 30.6. The molecule has 2 rings (SSSR count).